The van der Waals surface area contributed by atoms with Crippen molar-refractivity contribution in [3.05, 3.63) is 35.4 Å². The van der Waals surface area contributed by atoms with Crippen LogP contribution in [0.15, 0.2) is 24.3 Å². The molecular formula is C15H24N4O3S. The van der Waals surface area contributed by atoms with Crippen LogP contribution >= 0.6 is 0 Å². The van der Waals surface area contributed by atoms with E-state index in [1.165, 1.54) is 22.7 Å². The highest BCUT2D eigenvalue weighted by Gasteiger charge is 2.33. The Bertz CT molecular complexity index is 675. The van der Waals surface area contributed by atoms with Gasteiger partial charge in [-0.05, 0) is 24.7 Å². The van der Waals surface area contributed by atoms with Gasteiger partial charge in [0.15, 0.2) is 0 Å². The molecule has 1 aliphatic heterocycles. The molecule has 1 N–H and O–H groups in total. The topological polar surface area (TPSA) is 73.0 Å². The minimum atomic E-state index is -3.43. The van der Waals surface area contributed by atoms with Gasteiger partial charge >= 0.3 is 0 Å². The number of carbonyl (C=O) groups excluding carboxylic acids is 1. The van der Waals surface area contributed by atoms with E-state index in [-0.39, 0.29) is 11.9 Å². The first-order valence-electron chi connectivity index (χ1n) is 7.47. The molecule has 1 aromatic rings. The maximum Gasteiger partial charge on any atom is 0.281 e. The lowest BCUT2D eigenvalue weighted by Crippen LogP contribution is -2.51. The minimum absolute atomic E-state index is 0.0805. The van der Waals surface area contributed by atoms with Crippen LogP contribution in [0.4, 0.5) is 0 Å². The van der Waals surface area contributed by atoms with Crippen LogP contribution in [0.25, 0.3) is 0 Å². The van der Waals surface area contributed by atoms with Crippen molar-refractivity contribution < 1.29 is 13.2 Å². The van der Waals surface area contributed by atoms with E-state index in [1.54, 1.807) is 13.1 Å². The van der Waals surface area contributed by atoms with Crippen molar-refractivity contribution in [2.45, 2.75) is 6.04 Å². The van der Waals surface area contributed by atoms with Gasteiger partial charge in [0.1, 0.15) is 0 Å². The predicted octanol–water partition coefficient (Wildman–Crippen LogP) is 0.141. The summed E-state index contributed by atoms with van der Waals surface area (Å²) in [5.74, 6) is -0.150. The van der Waals surface area contributed by atoms with Crippen molar-refractivity contribution in [3.63, 3.8) is 0 Å². The van der Waals surface area contributed by atoms with E-state index in [0.717, 1.165) is 5.56 Å². The number of amides is 1. The number of piperazine rings is 1. The summed E-state index contributed by atoms with van der Waals surface area (Å²) in [7, 11) is 3.20. The van der Waals surface area contributed by atoms with Crippen LogP contribution < -0.4 is 5.32 Å². The fourth-order valence-electron chi connectivity index (χ4n) is 2.68. The second-order valence-corrected chi connectivity index (χ2v) is 7.99. The molecule has 1 heterocycles. The van der Waals surface area contributed by atoms with E-state index in [1.807, 2.05) is 25.2 Å². The first kappa shape index (κ1) is 17.9. The van der Waals surface area contributed by atoms with Gasteiger partial charge in [-0.2, -0.15) is 17.0 Å². The molecule has 1 saturated heterocycles. The van der Waals surface area contributed by atoms with Crippen molar-refractivity contribution in [2.75, 3.05) is 47.8 Å². The Morgan fingerprint density at radius 1 is 1.30 bits per heavy atom. The largest absolute Gasteiger partial charge is 0.355 e. The predicted molar refractivity (Wildman–Crippen MR) is 89.4 cm³/mol. The van der Waals surface area contributed by atoms with Crippen LogP contribution in [0.3, 0.4) is 0 Å². The number of nitrogens with zero attached hydrogens (tertiary/aromatic N) is 3. The third-order valence-electron chi connectivity index (χ3n) is 4.16. The van der Waals surface area contributed by atoms with Crippen LogP contribution in [0.5, 0.6) is 0 Å². The summed E-state index contributed by atoms with van der Waals surface area (Å²) in [4.78, 5) is 13.9. The second kappa shape index (κ2) is 6.96. The summed E-state index contributed by atoms with van der Waals surface area (Å²) >= 11 is 0. The Morgan fingerprint density at radius 3 is 2.61 bits per heavy atom. The van der Waals surface area contributed by atoms with Crippen molar-refractivity contribution in [1.82, 2.24) is 18.8 Å². The third-order valence-corrected chi connectivity index (χ3v) is 6.07. The number of carbonyl (C=O) groups is 1. The number of hydrogen-bond acceptors (Lipinski definition) is 4. The van der Waals surface area contributed by atoms with Crippen molar-refractivity contribution in [3.8, 4) is 0 Å². The lowest BCUT2D eigenvalue weighted by Gasteiger charge is -2.39. The standard InChI is InChI=1S/C15H24N4O3S/c1-16-15(20)13-7-5-6-12(10-13)14-11-19(9-8-18(14)4)23(21,22)17(2)3/h5-7,10,14H,8-9,11H2,1-4H3,(H,16,20). The van der Waals surface area contributed by atoms with E-state index in [4.69, 9.17) is 0 Å². The summed E-state index contributed by atoms with van der Waals surface area (Å²) in [6.45, 7) is 1.47. The van der Waals surface area contributed by atoms with Gasteiger partial charge in [-0.15, -0.1) is 0 Å². The molecule has 0 bridgehead atoms. The Hall–Kier alpha value is -1.48. The van der Waals surface area contributed by atoms with Gasteiger partial charge in [0.25, 0.3) is 16.1 Å². The van der Waals surface area contributed by atoms with E-state index < -0.39 is 10.2 Å². The van der Waals surface area contributed by atoms with E-state index in [2.05, 4.69) is 10.2 Å². The monoisotopic (exact) mass is 340 g/mol. The van der Waals surface area contributed by atoms with Crippen LogP contribution in [-0.4, -0.2) is 75.7 Å². The molecule has 2 rings (SSSR count). The molecule has 1 fully saturated rings. The molecule has 0 aliphatic carbocycles. The molecule has 1 atom stereocenters. The number of nitrogens with one attached hydrogen (secondary N) is 1. The fourth-order valence-corrected chi connectivity index (χ4v) is 3.78. The lowest BCUT2D eigenvalue weighted by molar-refractivity contribution is 0.0962. The van der Waals surface area contributed by atoms with Crippen LogP contribution in [0.2, 0.25) is 0 Å². The smallest absolute Gasteiger partial charge is 0.281 e. The van der Waals surface area contributed by atoms with E-state index in [0.29, 0.717) is 25.2 Å². The molecule has 128 valence electrons. The second-order valence-electron chi connectivity index (χ2n) is 5.85. The number of hydrogen-bond donors (Lipinski definition) is 1. The average Bonchev–Trinajstić information content (AvgIpc) is 2.54. The molecule has 0 radical (unpaired) electrons. The van der Waals surface area contributed by atoms with Crippen molar-refractivity contribution in [1.29, 1.82) is 0 Å². The third kappa shape index (κ3) is 3.72. The Morgan fingerprint density at radius 2 is 2.00 bits per heavy atom. The summed E-state index contributed by atoms with van der Waals surface area (Å²) in [6, 6.07) is 7.25. The van der Waals surface area contributed by atoms with Crippen LogP contribution in [-0.2, 0) is 10.2 Å². The van der Waals surface area contributed by atoms with Crippen molar-refractivity contribution >= 4 is 16.1 Å². The minimum Gasteiger partial charge on any atom is -0.355 e. The first-order chi connectivity index (χ1) is 10.8. The van der Waals surface area contributed by atoms with Crippen molar-refractivity contribution in [2.24, 2.45) is 0 Å². The van der Waals surface area contributed by atoms with Gasteiger partial charge in [0.2, 0.25) is 0 Å². The highest BCUT2D eigenvalue weighted by molar-refractivity contribution is 7.86. The zero-order valence-corrected chi connectivity index (χ0v) is 14.8. The van der Waals surface area contributed by atoms with Gasteiger partial charge in [0, 0.05) is 52.4 Å². The first-order valence-corrected chi connectivity index (χ1v) is 8.87. The Balaban J connectivity index is 2.29. The van der Waals surface area contributed by atoms with Gasteiger partial charge in [-0.1, -0.05) is 12.1 Å². The normalized spacial score (nSPS) is 20.7. The lowest BCUT2D eigenvalue weighted by atomic mass is 10.0. The summed E-state index contributed by atoms with van der Waals surface area (Å²) in [5.41, 5.74) is 1.51. The van der Waals surface area contributed by atoms with Gasteiger partial charge in [-0.3, -0.25) is 9.69 Å². The Kier molecular flexibility index (Phi) is 5.41. The maximum absolute atomic E-state index is 12.4. The maximum atomic E-state index is 12.4. The summed E-state index contributed by atoms with van der Waals surface area (Å²) in [6.07, 6.45) is 0. The molecule has 0 saturated carbocycles. The quantitative estimate of drug-likeness (QED) is 0.846. The van der Waals surface area contributed by atoms with Gasteiger partial charge in [-0.25, -0.2) is 0 Å². The highest BCUT2D eigenvalue weighted by Crippen LogP contribution is 2.26. The van der Waals surface area contributed by atoms with E-state index >= 15 is 0 Å². The number of likely N-dealkylation sites (N-methyl/N-ethyl adjacent to an activating group) is 1. The molecule has 23 heavy (non-hydrogen) atoms. The zero-order chi connectivity index (χ0) is 17.2. The highest BCUT2D eigenvalue weighted by atomic mass is 32.2. The average molecular weight is 340 g/mol. The number of benzene rings is 1. The van der Waals surface area contributed by atoms with E-state index in [9.17, 15) is 13.2 Å². The Labute approximate surface area is 138 Å². The molecule has 8 heteroatoms. The van der Waals surface area contributed by atoms with Gasteiger partial charge in [0.05, 0.1) is 0 Å². The SMILES string of the molecule is CNC(=O)c1cccc(C2CN(S(=O)(=O)N(C)C)CCN2C)c1. The molecule has 7 nitrogen and oxygen atoms in total. The zero-order valence-electron chi connectivity index (χ0n) is 14.0. The molecule has 1 aromatic carbocycles. The molecule has 0 aromatic heterocycles. The summed E-state index contributed by atoms with van der Waals surface area (Å²) < 4.78 is 27.4. The summed E-state index contributed by atoms with van der Waals surface area (Å²) in [5, 5.41) is 2.61. The number of rotatable bonds is 4. The molecule has 1 aliphatic rings. The van der Waals surface area contributed by atoms with Gasteiger partial charge < -0.3 is 5.32 Å². The fraction of sp³-hybridized carbons (Fsp3) is 0.533. The molecule has 1 unspecified atom stereocenters. The molecular weight excluding hydrogens is 316 g/mol. The molecule has 1 amide bonds. The molecule has 0 spiro atoms. The van der Waals surface area contributed by atoms with Crippen LogP contribution in [0.1, 0.15) is 22.0 Å². The van der Waals surface area contributed by atoms with Crippen LogP contribution in [0, 0.1) is 0 Å².